The summed E-state index contributed by atoms with van der Waals surface area (Å²) in [6, 6.07) is 1.63. The second kappa shape index (κ2) is 4.78. The standard InChI is InChI=1S/C12H13ClN4O/c1-7-11(8(2)17(3)16-7)12(18)15-10-6-14-5-4-9(10)13/h4-6H,1-3H3,(H,15,18). The van der Waals surface area contributed by atoms with Crippen molar-refractivity contribution in [2.45, 2.75) is 13.8 Å². The molecular weight excluding hydrogens is 252 g/mol. The van der Waals surface area contributed by atoms with Gasteiger partial charge in [0.15, 0.2) is 0 Å². The summed E-state index contributed by atoms with van der Waals surface area (Å²) in [7, 11) is 1.80. The van der Waals surface area contributed by atoms with Crippen LogP contribution in [0.2, 0.25) is 5.02 Å². The van der Waals surface area contributed by atoms with Crippen LogP contribution in [0.5, 0.6) is 0 Å². The molecule has 0 spiro atoms. The van der Waals surface area contributed by atoms with Crippen LogP contribution >= 0.6 is 11.6 Å². The van der Waals surface area contributed by atoms with E-state index < -0.39 is 0 Å². The number of carbonyl (C=O) groups is 1. The van der Waals surface area contributed by atoms with Crippen LogP contribution in [0.25, 0.3) is 0 Å². The lowest BCUT2D eigenvalue weighted by atomic mass is 10.2. The number of anilines is 1. The van der Waals surface area contributed by atoms with Gasteiger partial charge in [-0.3, -0.25) is 14.5 Å². The van der Waals surface area contributed by atoms with Crippen molar-refractivity contribution in [1.82, 2.24) is 14.8 Å². The zero-order valence-electron chi connectivity index (χ0n) is 10.4. The van der Waals surface area contributed by atoms with E-state index in [1.165, 1.54) is 6.20 Å². The predicted octanol–water partition coefficient (Wildman–Crippen LogP) is 2.34. The molecule has 2 heterocycles. The molecule has 2 rings (SSSR count). The number of halogens is 1. The maximum absolute atomic E-state index is 12.2. The quantitative estimate of drug-likeness (QED) is 0.906. The van der Waals surface area contributed by atoms with Crippen LogP contribution in [0, 0.1) is 13.8 Å². The van der Waals surface area contributed by atoms with Crippen LogP contribution in [0.1, 0.15) is 21.7 Å². The first-order valence-corrected chi connectivity index (χ1v) is 5.79. The van der Waals surface area contributed by atoms with E-state index >= 15 is 0 Å². The summed E-state index contributed by atoms with van der Waals surface area (Å²) in [6.45, 7) is 3.65. The van der Waals surface area contributed by atoms with E-state index in [1.54, 1.807) is 30.9 Å². The summed E-state index contributed by atoms with van der Waals surface area (Å²) in [5.74, 6) is -0.229. The summed E-state index contributed by atoms with van der Waals surface area (Å²) in [4.78, 5) is 16.1. The van der Waals surface area contributed by atoms with E-state index in [4.69, 9.17) is 11.6 Å². The van der Waals surface area contributed by atoms with Crippen molar-refractivity contribution >= 4 is 23.2 Å². The maximum atomic E-state index is 12.2. The molecule has 0 unspecified atom stereocenters. The van der Waals surface area contributed by atoms with Gasteiger partial charge in [-0.25, -0.2) is 0 Å². The summed E-state index contributed by atoms with van der Waals surface area (Å²) in [5.41, 5.74) is 2.56. The molecule has 0 bridgehead atoms. The molecule has 0 fully saturated rings. The Morgan fingerprint density at radius 1 is 1.44 bits per heavy atom. The van der Waals surface area contributed by atoms with Crippen LogP contribution in [0.15, 0.2) is 18.5 Å². The zero-order chi connectivity index (χ0) is 13.3. The second-order valence-corrected chi connectivity index (χ2v) is 4.39. The molecule has 1 N–H and O–H groups in total. The first-order valence-electron chi connectivity index (χ1n) is 5.41. The number of amides is 1. The van der Waals surface area contributed by atoms with Gasteiger partial charge in [-0.2, -0.15) is 5.10 Å². The fourth-order valence-corrected chi connectivity index (χ4v) is 1.91. The van der Waals surface area contributed by atoms with Crippen molar-refractivity contribution in [2.24, 2.45) is 7.05 Å². The summed E-state index contributed by atoms with van der Waals surface area (Å²) >= 11 is 5.97. The van der Waals surface area contributed by atoms with Gasteiger partial charge in [-0.15, -0.1) is 0 Å². The zero-order valence-corrected chi connectivity index (χ0v) is 11.1. The van der Waals surface area contributed by atoms with Gasteiger partial charge in [-0.05, 0) is 19.9 Å². The Hall–Kier alpha value is -1.88. The van der Waals surface area contributed by atoms with E-state index in [1.807, 2.05) is 6.92 Å². The molecule has 94 valence electrons. The van der Waals surface area contributed by atoms with Crippen molar-refractivity contribution in [1.29, 1.82) is 0 Å². The Morgan fingerprint density at radius 2 is 2.17 bits per heavy atom. The highest BCUT2D eigenvalue weighted by Gasteiger charge is 2.18. The lowest BCUT2D eigenvalue weighted by molar-refractivity contribution is 0.102. The molecule has 0 saturated carbocycles. The Bertz CT molecular complexity index is 606. The van der Waals surface area contributed by atoms with Crippen molar-refractivity contribution in [3.8, 4) is 0 Å². The number of hydrogen-bond donors (Lipinski definition) is 1. The number of hydrogen-bond acceptors (Lipinski definition) is 3. The van der Waals surface area contributed by atoms with E-state index in [-0.39, 0.29) is 5.91 Å². The van der Waals surface area contributed by atoms with Crippen LogP contribution in [-0.4, -0.2) is 20.7 Å². The van der Waals surface area contributed by atoms with E-state index in [0.717, 1.165) is 5.69 Å². The van der Waals surface area contributed by atoms with E-state index in [0.29, 0.717) is 22.0 Å². The molecule has 2 aromatic heterocycles. The van der Waals surface area contributed by atoms with Gasteiger partial charge in [0.1, 0.15) is 0 Å². The first kappa shape index (κ1) is 12.6. The third kappa shape index (κ3) is 2.22. The van der Waals surface area contributed by atoms with Gasteiger partial charge in [0.25, 0.3) is 5.91 Å². The van der Waals surface area contributed by atoms with Gasteiger partial charge in [0.05, 0.1) is 28.2 Å². The minimum Gasteiger partial charge on any atom is -0.319 e. The number of aryl methyl sites for hydroxylation is 2. The molecule has 0 radical (unpaired) electrons. The molecule has 6 heteroatoms. The number of carbonyl (C=O) groups excluding carboxylic acids is 1. The Morgan fingerprint density at radius 3 is 2.72 bits per heavy atom. The van der Waals surface area contributed by atoms with Gasteiger partial charge >= 0.3 is 0 Å². The molecule has 0 atom stereocenters. The molecule has 5 nitrogen and oxygen atoms in total. The number of pyridine rings is 1. The Balaban J connectivity index is 2.31. The molecule has 0 aliphatic heterocycles. The number of nitrogens with one attached hydrogen (secondary N) is 1. The van der Waals surface area contributed by atoms with Gasteiger partial charge < -0.3 is 5.32 Å². The van der Waals surface area contributed by atoms with E-state index in [2.05, 4.69) is 15.4 Å². The third-order valence-electron chi connectivity index (χ3n) is 2.75. The fraction of sp³-hybridized carbons (Fsp3) is 0.250. The molecule has 0 saturated heterocycles. The first-order chi connectivity index (χ1) is 8.50. The number of nitrogens with zero attached hydrogens (tertiary/aromatic N) is 3. The highest BCUT2D eigenvalue weighted by atomic mass is 35.5. The number of aromatic nitrogens is 3. The summed E-state index contributed by atoms with van der Waals surface area (Å²) in [5, 5.41) is 7.39. The molecular formula is C12H13ClN4O. The van der Waals surface area contributed by atoms with Crippen molar-refractivity contribution in [3.63, 3.8) is 0 Å². The maximum Gasteiger partial charge on any atom is 0.259 e. The normalized spacial score (nSPS) is 10.4. The average molecular weight is 265 g/mol. The molecule has 2 aromatic rings. The van der Waals surface area contributed by atoms with Crippen LogP contribution in [-0.2, 0) is 7.05 Å². The smallest absolute Gasteiger partial charge is 0.259 e. The largest absolute Gasteiger partial charge is 0.319 e. The third-order valence-corrected chi connectivity index (χ3v) is 3.08. The molecule has 0 aromatic carbocycles. The monoisotopic (exact) mass is 264 g/mol. The Labute approximate surface area is 110 Å². The second-order valence-electron chi connectivity index (χ2n) is 3.98. The fourth-order valence-electron chi connectivity index (χ4n) is 1.76. The molecule has 1 amide bonds. The number of rotatable bonds is 2. The average Bonchev–Trinajstić information content (AvgIpc) is 2.56. The topological polar surface area (TPSA) is 59.8 Å². The SMILES string of the molecule is Cc1nn(C)c(C)c1C(=O)Nc1cnccc1Cl. The lowest BCUT2D eigenvalue weighted by Crippen LogP contribution is -2.14. The highest BCUT2D eigenvalue weighted by Crippen LogP contribution is 2.21. The van der Waals surface area contributed by atoms with Crippen molar-refractivity contribution in [2.75, 3.05) is 5.32 Å². The lowest BCUT2D eigenvalue weighted by Gasteiger charge is -2.06. The van der Waals surface area contributed by atoms with Crippen LogP contribution < -0.4 is 5.32 Å². The summed E-state index contributed by atoms with van der Waals surface area (Å²) in [6.07, 6.45) is 3.08. The van der Waals surface area contributed by atoms with Gasteiger partial charge in [0, 0.05) is 18.9 Å². The van der Waals surface area contributed by atoms with Crippen LogP contribution in [0.4, 0.5) is 5.69 Å². The van der Waals surface area contributed by atoms with Crippen molar-refractivity contribution in [3.05, 3.63) is 40.4 Å². The molecule has 0 aliphatic rings. The van der Waals surface area contributed by atoms with Crippen LogP contribution in [0.3, 0.4) is 0 Å². The highest BCUT2D eigenvalue weighted by molar-refractivity contribution is 6.33. The van der Waals surface area contributed by atoms with Gasteiger partial charge in [0.2, 0.25) is 0 Å². The summed E-state index contributed by atoms with van der Waals surface area (Å²) < 4.78 is 1.68. The van der Waals surface area contributed by atoms with E-state index in [9.17, 15) is 4.79 Å². The predicted molar refractivity (Wildman–Crippen MR) is 69.9 cm³/mol. The van der Waals surface area contributed by atoms with Gasteiger partial charge in [-0.1, -0.05) is 11.6 Å². The van der Waals surface area contributed by atoms with Crippen molar-refractivity contribution < 1.29 is 4.79 Å². The minimum absolute atomic E-state index is 0.229. The minimum atomic E-state index is -0.229. The molecule has 0 aliphatic carbocycles. The molecule has 18 heavy (non-hydrogen) atoms. The Kier molecular flexibility index (Phi) is 3.34.